The van der Waals surface area contributed by atoms with Gasteiger partial charge in [-0.15, -0.1) is 0 Å². The molecule has 1 aromatic carbocycles. The molecule has 1 amide bonds. The zero-order chi connectivity index (χ0) is 10.8. The first kappa shape index (κ1) is 9.98. The summed E-state index contributed by atoms with van der Waals surface area (Å²) in [7, 11) is 1.63. The number of carbonyl (C=O) groups is 1. The van der Waals surface area contributed by atoms with Crippen molar-refractivity contribution in [2.45, 2.75) is 12.3 Å². The first-order chi connectivity index (χ1) is 7.20. The molecule has 1 unspecified atom stereocenters. The molecule has 1 fully saturated rings. The van der Waals surface area contributed by atoms with Crippen LogP contribution >= 0.6 is 0 Å². The van der Waals surface area contributed by atoms with Gasteiger partial charge in [-0.1, -0.05) is 12.1 Å². The number of rotatable bonds is 2. The second-order valence-electron chi connectivity index (χ2n) is 3.72. The third kappa shape index (κ3) is 1.94. The summed E-state index contributed by atoms with van der Waals surface area (Å²) in [5.41, 5.74) is 1.11. The summed E-state index contributed by atoms with van der Waals surface area (Å²) in [6.45, 7) is 0.589. The molecule has 0 aliphatic carbocycles. The maximum atomic E-state index is 11.3. The largest absolute Gasteiger partial charge is 0.497 e. The number of carbonyl (C=O) groups excluding carboxylic acids is 1. The van der Waals surface area contributed by atoms with Crippen LogP contribution in [0.25, 0.3) is 0 Å². The highest BCUT2D eigenvalue weighted by Gasteiger charge is 2.28. The van der Waals surface area contributed by atoms with Gasteiger partial charge in [-0.25, -0.2) is 5.84 Å². The second kappa shape index (κ2) is 3.90. The van der Waals surface area contributed by atoms with E-state index in [1.807, 2.05) is 24.3 Å². The van der Waals surface area contributed by atoms with Gasteiger partial charge in [0.15, 0.2) is 0 Å². The van der Waals surface area contributed by atoms with E-state index < -0.39 is 0 Å². The van der Waals surface area contributed by atoms with E-state index in [1.54, 1.807) is 7.11 Å². The van der Waals surface area contributed by atoms with Crippen LogP contribution in [0.15, 0.2) is 24.3 Å². The Morgan fingerprint density at radius 2 is 2.33 bits per heavy atom. The smallest absolute Gasteiger partial charge is 0.237 e. The summed E-state index contributed by atoms with van der Waals surface area (Å²) in [6.07, 6.45) is 0.490. The summed E-state index contributed by atoms with van der Waals surface area (Å²) in [6, 6.07) is 7.77. The van der Waals surface area contributed by atoms with Gasteiger partial charge in [0.2, 0.25) is 5.91 Å². The minimum Gasteiger partial charge on any atom is -0.497 e. The van der Waals surface area contributed by atoms with Gasteiger partial charge >= 0.3 is 0 Å². The number of amides is 1. The topological polar surface area (TPSA) is 55.6 Å². The van der Waals surface area contributed by atoms with Crippen molar-refractivity contribution >= 4 is 5.91 Å². The van der Waals surface area contributed by atoms with Crippen molar-refractivity contribution in [1.82, 2.24) is 5.01 Å². The lowest BCUT2D eigenvalue weighted by Crippen LogP contribution is -2.31. The molecular formula is C11H14N2O2. The maximum absolute atomic E-state index is 11.3. The van der Waals surface area contributed by atoms with Gasteiger partial charge in [0, 0.05) is 18.9 Å². The molecule has 15 heavy (non-hydrogen) atoms. The fourth-order valence-corrected chi connectivity index (χ4v) is 1.85. The van der Waals surface area contributed by atoms with E-state index in [4.69, 9.17) is 10.6 Å². The van der Waals surface area contributed by atoms with Crippen LogP contribution < -0.4 is 10.6 Å². The molecule has 80 valence electrons. The van der Waals surface area contributed by atoms with E-state index in [1.165, 1.54) is 5.01 Å². The van der Waals surface area contributed by atoms with Gasteiger partial charge in [0.1, 0.15) is 5.75 Å². The Morgan fingerprint density at radius 1 is 1.53 bits per heavy atom. The number of hydrogen-bond donors (Lipinski definition) is 1. The number of nitrogens with two attached hydrogens (primary N) is 1. The number of ether oxygens (including phenoxy) is 1. The van der Waals surface area contributed by atoms with Crippen LogP contribution in [0, 0.1) is 0 Å². The number of hydrogen-bond acceptors (Lipinski definition) is 3. The van der Waals surface area contributed by atoms with Crippen LogP contribution in [0.5, 0.6) is 5.75 Å². The Bertz CT molecular complexity index is 379. The van der Waals surface area contributed by atoms with Crippen LogP contribution in [0.3, 0.4) is 0 Å². The number of benzene rings is 1. The van der Waals surface area contributed by atoms with Gasteiger partial charge in [0.05, 0.1) is 7.11 Å². The summed E-state index contributed by atoms with van der Waals surface area (Å²) in [5.74, 6) is 6.54. The Morgan fingerprint density at radius 3 is 2.93 bits per heavy atom. The standard InChI is InChI=1S/C11H14N2O2/c1-15-10-4-2-3-8(5-10)9-6-11(14)13(12)7-9/h2-5,9H,6-7,12H2,1H3. The van der Waals surface area contributed by atoms with Gasteiger partial charge in [-0.2, -0.15) is 0 Å². The zero-order valence-corrected chi connectivity index (χ0v) is 8.64. The summed E-state index contributed by atoms with van der Waals surface area (Å²) in [4.78, 5) is 11.3. The van der Waals surface area contributed by atoms with Gasteiger partial charge in [-0.05, 0) is 17.7 Å². The van der Waals surface area contributed by atoms with Crippen LogP contribution in [-0.4, -0.2) is 24.6 Å². The van der Waals surface area contributed by atoms with Crippen molar-refractivity contribution in [3.8, 4) is 5.75 Å². The SMILES string of the molecule is COc1cccc(C2CC(=O)N(N)C2)c1. The van der Waals surface area contributed by atoms with E-state index >= 15 is 0 Å². The van der Waals surface area contributed by atoms with Gasteiger partial charge < -0.3 is 4.74 Å². The lowest BCUT2D eigenvalue weighted by atomic mass is 9.98. The summed E-state index contributed by atoms with van der Waals surface area (Å²) in [5, 5.41) is 1.28. The van der Waals surface area contributed by atoms with Crippen molar-refractivity contribution in [2.75, 3.05) is 13.7 Å². The molecule has 0 bridgehead atoms. The highest BCUT2D eigenvalue weighted by molar-refractivity contribution is 5.79. The second-order valence-corrected chi connectivity index (χ2v) is 3.72. The van der Waals surface area contributed by atoms with Gasteiger partial charge in [-0.3, -0.25) is 9.80 Å². The highest BCUT2D eigenvalue weighted by atomic mass is 16.5. The molecule has 4 heteroatoms. The lowest BCUT2D eigenvalue weighted by Gasteiger charge is -2.11. The van der Waals surface area contributed by atoms with Crippen molar-refractivity contribution in [3.63, 3.8) is 0 Å². The lowest BCUT2D eigenvalue weighted by molar-refractivity contribution is -0.127. The monoisotopic (exact) mass is 206 g/mol. The Kier molecular flexibility index (Phi) is 2.60. The minimum atomic E-state index is 0.00261. The molecule has 0 saturated carbocycles. The molecule has 1 heterocycles. The van der Waals surface area contributed by atoms with Crippen molar-refractivity contribution in [2.24, 2.45) is 5.84 Å². The molecular weight excluding hydrogens is 192 g/mol. The van der Waals surface area contributed by atoms with Crippen molar-refractivity contribution < 1.29 is 9.53 Å². The predicted molar refractivity (Wildman–Crippen MR) is 56.3 cm³/mol. The fourth-order valence-electron chi connectivity index (χ4n) is 1.85. The highest BCUT2D eigenvalue weighted by Crippen LogP contribution is 2.28. The van der Waals surface area contributed by atoms with Crippen molar-refractivity contribution in [3.05, 3.63) is 29.8 Å². The molecule has 0 spiro atoms. The van der Waals surface area contributed by atoms with Crippen LogP contribution in [0.2, 0.25) is 0 Å². The molecule has 4 nitrogen and oxygen atoms in total. The Hall–Kier alpha value is -1.55. The molecule has 1 aliphatic heterocycles. The van der Waals surface area contributed by atoms with E-state index in [2.05, 4.69) is 0 Å². The first-order valence-corrected chi connectivity index (χ1v) is 4.89. The average molecular weight is 206 g/mol. The molecule has 2 rings (SSSR count). The minimum absolute atomic E-state index is 0.00261. The maximum Gasteiger partial charge on any atom is 0.237 e. The summed E-state index contributed by atoms with van der Waals surface area (Å²) < 4.78 is 5.14. The first-order valence-electron chi connectivity index (χ1n) is 4.89. The average Bonchev–Trinajstić information content (AvgIpc) is 2.59. The van der Waals surface area contributed by atoms with E-state index in [0.717, 1.165) is 11.3 Å². The number of hydrazine groups is 1. The third-order valence-corrected chi connectivity index (χ3v) is 2.72. The molecule has 1 aliphatic rings. The van der Waals surface area contributed by atoms with Crippen LogP contribution in [0.4, 0.5) is 0 Å². The van der Waals surface area contributed by atoms with E-state index in [-0.39, 0.29) is 11.8 Å². The molecule has 2 N–H and O–H groups in total. The number of methoxy groups -OCH3 is 1. The Balaban J connectivity index is 2.19. The summed E-state index contributed by atoms with van der Waals surface area (Å²) >= 11 is 0. The molecule has 1 atom stereocenters. The molecule has 0 aromatic heterocycles. The van der Waals surface area contributed by atoms with Crippen LogP contribution in [0.1, 0.15) is 17.9 Å². The van der Waals surface area contributed by atoms with Gasteiger partial charge in [0.25, 0.3) is 0 Å². The molecule has 1 saturated heterocycles. The molecule has 1 aromatic rings. The zero-order valence-electron chi connectivity index (χ0n) is 8.64. The quantitative estimate of drug-likeness (QED) is 0.577. The van der Waals surface area contributed by atoms with E-state index in [9.17, 15) is 4.79 Å². The predicted octanol–water partition coefficient (Wildman–Crippen LogP) is 0.885. The van der Waals surface area contributed by atoms with Crippen molar-refractivity contribution in [1.29, 1.82) is 0 Å². The Labute approximate surface area is 88.6 Å². The number of nitrogens with zero attached hydrogens (tertiary/aromatic N) is 1. The third-order valence-electron chi connectivity index (χ3n) is 2.72. The van der Waals surface area contributed by atoms with E-state index in [0.29, 0.717) is 13.0 Å². The molecule has 0 radical (unpaired) electrons. The fraction of sp³-hybridized carbons (Fsp3) is 0.364. The van der Waals surface area contributed by atoms with Crippen LogP contribution in [-0.2, 0) is 4.79 Å². The normalized spacial score (nSPS) is 20.8.